The van der Waals surface area contributed by atoms with Crippen molar-refractivity contribution in [1.29, 1.82) is 0 Å². The second kappa shape index (κ2) is 5.78. The molecule has 0 spiro atoms. The minimum Gasteiger partial charge on any atom is -0.367 e. The number of benzene rings is 2. The number of ketones is 1. The van der Waals surface area contributed by atoms with Gasteiger partial charge < -0.3 is 5.32 Å². The van der Waals surface area contributed by atoms with Crippen molar-refractivity contribution in [2.75, 3.05) is 5.32 Å². The molecule has 126 valence electrons. The van der Waals surface area contributed by atoms with Gasteiger partial charge in [-0.05, 0) is 35.7 Å². The average Bonchev–Trinajstić information content (AvgIpc) is 3.30. The molecule has 0 radical (unpaired) electrons. The van der Waals surface area contributed by atoms with Gasteiger partial charge in [0.1, 0.15) is 5.54 Å². The molecule has 26 heavy (non-hydrogen) atoms. The van der Waals surface area contributed by atoms with Gasteiger partial charge in [0.05, 0.1) is 5.52 Å². The predicted molar refractivity (Wildman–Crippen MR) is 106 cm³/mol. The number of hydrogen-bond acceptors (Lipinski definition) is 4. The number of para-hydroxylation sites is 2. The quantitative estimate of drug-likeness (QED) is 0.559. The van der Waals surface area contributed by atoms with Crippen molar-refractivity contribution < 1.29 is 4.79 Å². The Morgan fingerprint density at radius 2 is 1.77 bits per heavy atom. The topological polar surface area (TPSA) is 42.0 Å². The summed E-state index contributed by atoms with van der Waals surface area (Å²) in [6, 6.07) is 23.9. The Kier molecular flexibility index (Phi) is 3.40. The lowest BCUT2D eigenvalue weighted by Gasteiger charge is -2.27. The smallest absolute Gasteiger partial charge is 0.196 e. The third-order valence-electron chi connectivity index (χ3n) is 4.95. The van der Waals surface area contributed by atoms with E-state index in [1.54, 1.807) is 11.3 Å². The van der Waals surface area contributed by atoms with E-state index in [1.807, 2.05) is 66.0 Å². The average molecular weight is 356 g/mol. The van der Waals surface area contributed by atoms with Gasteiger partial charge in [-0.15, -0.1) is 11.3 Å². The number of pyridine rings is 1. The molecular weight excluding hydrogens is 340 g/mol. The highest BCUT2D eigenvalue weighted by molar-refractivity contribution is 7.10. The van der Waals surface area contributed by atoms with Crippen LogP contribution in [-0.2, 0) is 12.0 Å². The molecule has 0 bridgehead atoms. The molecule has 1 aliphatic heterocycles. The number of rotatable bonds is 3. The van der Waals surface area contributed by atoms with Crippen LogP contribution < -0.4 is 5.32 Å². The van der Waals surface area contributed by atoms with Crippen molar-refractivity contribution in [1.82, 2.24) is 4.98 Å². The van der Waals surface area contributed by atoms with E-state index in [0.29, 0.717) is 6.42 Å². The summed E-state index contributed by atoms with van der Waals surface area (Å²) in [5, 5.41) is 6.64. The maximum absolute atomic E-state index is 13.4. The minimum absolute atomic E-state index is 0.116. The standard InChI is InChI=1S/C22H16N2OS/c25-21-17-7-2-4-9-19(17)24-22(21,20-10-5-13-26-20)14-16-12-11-15-6-1-3-8-18(15)23-16/h1-13,24H,14H2. The van der Waals surface area contributed by atoms with Crippen LogP contribution in [0.5, 0.6) is 0 Å². The van der Waals surface area contributed by atoms with Crippen LogP contribution >= 0.6 is 11.3 Å². The SMILES string of the molecule is O=C1c2ccccc2NC1(Cc1ccc2ccccc2n1)c1cccs1. The van der Waals surface area contributed by atoms with Crippen molar-refractivity contribution in [2.24, 2.45) is 0 Å². The fourth-order valence-electron chi connectivity index (χ4n) is 3.69. The number of carbonyl (C=O) groups is 1. The van der Waals surface area contributed by atoms with E-state index in [4.69, 9.17) is 4.98 Å². The molecule has 3 nitrogen and oxygen atoms in total. The summed E-state index contributed by atoms with van der Waals surface area (Å²) in [5.74, 6) is 0.116. The number of thiophene rings is 1. The zero-order chi connectivity index (χ0) is 17.6. The highest BCUT2D eigenvalue weighted by atomic mass is 32.1. The van der Waals surface area contributed by atoms with Crippen LogP contribution in [0.4, 0.5) is 5.69 Å². The summed E-state index contributed by atoms with van der Waals surface area (Å²) < 4.78 is 0. The molecule has 1 atom stereocenters. The molecule has 4 aromatic rings. The molecule has 1 N–H and O–H groups in total. The highest BCUT2D eigenvalue weighted by Crippen LogP contribution is 2.43. The number of fused-ring (bicyclic) bond motifs is 2. The Morgan fingerprint density at radius 1 is 0.923 bits per heavy atom. The third kappa shape index (κ3) is 2.26. The minimum atomic E-state index is -0.784. The zero-order valence-corrected chi connectivity index (χ0v) is 14.8. The third-order valence-corrected chi connectivity index (χ3v) is 5.98. The Balaban J connectivity index is 1.63. The summed E-state index contributed by atoms with van der Waals surface area (Å²) in [5.41, 5.74) is 2.72. The van der Waals surface area contributed by atoms with E-state index >= 15 is 0 Å². The highest BCUT2D eigenvalue weighted by Gasteiger charge is 2.47. The first kappa shape index (κ1) is 15.3. The van der Waals surface area contributed by atoms with Crippen LogP contribution in [0.15, 0.2) is 78.2 Å². The lowest BCUT2D eigenvalue weighted by atomic mass is 9.86. The Morgan fingerprint density at radius 3 is 2.62 bits per heavy atom. The fraction of sp³-hybridized carbons (Fsp3) is 0.0909. The first-order valence-corrected chi connectivity index (χ1v) is 9.45. The van der Waals surface area contributed by atoms with Gasteiger partial charge in [0, 0.05) is 33.6 Å². The van der Waals surface area contributed by atoms with Gasteiger partial charge in [-0.1, -0.05) is 42.5 Å². The maximum atomic E-state index is 13.4. The summed E-state index contributed by atoms with van der Waals surface area (Å²) in [4.78, 5) is 19.2. The number of nitrogens with zero attached hydrogens (tertiary/aromatic N) is 1. The molecule has 1 unspecified atom stereocenters. The Bertz CT molecular complexity index is 1120. The van der Waals surface area contributed by atoms with Gasteiger partial charge in [0.2, 0.25) is 0 Å². The number of carbonyl (C=O) groups excluding carboxylic acids is 1. The summed E-state index contributed by atoms with van der Waals surface area (Å²) in [7, 11) is 0. The first-order valence-electron chi connectivity index (χ1n) is 8.57. The lowest BCUT2D eigenvalue weighted by Crippen LogP contribution is -2.40. The predicted octanol–water partition coefficient (Wildman–Crippen LogP) is 5.04. The normalized spacial score (nSPS) is 18.7. The van der Waals surface area contributed by atoms with Crippen molar-refractivity contribution in [3.05, 3.63) is 94.3 Å². The number of Topliss-reactive ketones (excluding diaryl/α,β-unsaturated/α-hetero) is 1. The molecule has 2 aromatic carbocycles. The molecule has 0 saturated heterocycles. The number of nitrogens with one attached hydrogen (secondary N) is 1. The zero-order valence-electron chi connectivity index (χ0n) is 14.0. The van der Waals surface area contributed by atoms with Crippen molar-refractivity contribution in [3.63, 3.8) is 0 Å². The molecule has 4 heteroatoms. The summed E-state index contributed by atoms with van der Waals surface area (Å²) in [6.07, 6.45) is 0.520. The van der Waals surface area contributed by atoms with E-state index < -0.39 is 5.54 Å². The van der Waals surface area contributed by atoms with Gasteiger partial charge in [0.25, 0.3) is 0 Å². The molecular formula is C22H16N2OS. The largest absolute Gasteiger partial charge is 0.367 e. The Hall–Kier alpha value is -2.98. The number of hydrogen-bond donors (Lipinski definition) is 1. The van der Waals surface area contributed by atoms with E-state index in [2.05, 4.69) is 17.4 Å². The maximum Gasteiger partial charge on any atom is 0.196 e. The van der Waals surface area contributed by atoms with Crippen LogP contribution in [0.3, 0.4) is 0 Å². The number of anilines is 1. The summed E-state index contributed by atoms with van der Waals surface area (Å²) in [6.45, 7) is 0. The number of aromatic nitrogens is 1. The molecule has 1 aliphatic rings. The molecule has 0 fully saturated rings. The van der Waals surface area contributed by atoms with Crippen LogP contribution in [0.2, 0.25) is 0 Å². The first-order chi connectivity index (χ1) is 12.8. The van der Waals surface area contributed by atoms with Crippen LogP contribution in [-0.4, -0.2) is 10.8 Å². The van der Waals surface area contributed by atoms with Crippen LogP contribution in [0, 0.1) is 0 Å². The van der Waals surface area contributed by atoms with Crippen molar-refractivity contribution in [3.8, 4) is 0 Å². The van der Waals surface area contributed by atoms with Gasteiger partial charge in [-0.25, -0.2) is 0 Å². The lowest BCUT2D eigenvalue weighted by molar-refractivity contribution is 0.0918. The van der Waals surface area contributed by atoms with Gasteiger partial charge in [0.15, 0.2) is 5.78 Å². The molecule has 0 saturated carbocycles. The van der Waals surface area contributed by atoms with E-state index in [9.17, 15) is 4.79 Å². The van der Waals surface area contributed by atoms with Gasteiger partial charge >= 0.3 is 0 Å². The fourth-order valence-corrected chi connectivity index (χ4v) is 4.57. The second-order valence-corrected chi connectivity index (χ2v) is 7.50. The van der Waals surface area contributed by atoms with E-state index in [1.165, 1.54) is 0 Å². The van der Waals surface area contributed by atoms with Crippen LogP contribution in [0.25, 0.3) is 10.9 Å². The van der Waals surface area contributed by atoms with E-state index in [0.717, 1.165) is 32.7 Å². The second-order valence-electron chi connectivity index (χ2n) is 6.55. The molecule has 0 amide bonds. The van der Waals surface area contributed by atoms with Crippen molar-refractivity contribution >= 4 is 33.7 Å². The molecule has 2 aromatic heterocycles. The monoisotopic (exact) mass is 356 g/mol. The summed E-state index contributed by atoms with van der Waals surface area (Å²) >= 11 is 1.61. The van der Waals surface area contributed by atoms with Crippen LogP contribution in [0.1, 0.15) is 20.9 Å². The van der Waals surface area contributed by atoms with Crippen molar-refractivity contribution in [2.45, 2.75) is 12.0 Å². The molecule has 3 heterocycles. The van der Waals surface area contributed by atoms with Gasteiger partial charge in [-0.3, -0.25) is 9.78 Å². The van der Waals surface area contributed by atoms with E-state index in [-0.39, 0.29) is 5.78 Å². The molecule has 5 rings (SSSR count). The Labute approximate surface area is 155 Å². The molecule has 0 aliphatic carbocycles. The van der Waals surface area contributed by atoms with Gasteiger partial charge in [-0.2, -0.15) is 0 Å².